The molecule has 2 nitrogen and oxygen atoms in total. The van der Waals surface area contributed by atoms with E-state index in [1.54, 1.807) is 6.20 Å². The maximum Gasteiger partial charge on any atom is 0.0718 e. The maximum absolute atomic E-state index is 6.10. The summed E-state index contributed by atoms with van der Waals surface area (Å²) < 4.78 is 0. The van der Waals surface area contributed by atoms with Crippen molar-refractivity contribution in [2.24, 2.45) is 5.92 Å². The Labute approximate surface area is 102 Å². The van der Waals surface area contributed by atoms with Crippen LogP contribution in [0.2, 0.25) is 5.02 Å². The predicted octanol–water partition coefficient (Wildman–Crippen LogP) is 4.12. The molecular weight excluding hydrogens is 220 g/mol. The first-order chi connectivity index (χ1) is 7.79. The van der Waals surface area contributed by atoms with Crippen LogP contribution in [0, 0.1) is 5.92 Å². The van der Waals surface area contributed by atoms with Crippen LogP contribution in [-0.2, 0) is 0 Å². The average molecular weight is 239 g/mol. The van der Waals surface area contributed by atoms with Crippen LogP contribution < -0.4 is 5.32 Å². The Hall–Kier alpha value is -0.760. The molecule has 16 heavy (non-hydrogen) atoms. The number of halogens is 1. The quantitative estimate of drug-likeness (QED) is 0.857. The highest BCUT2D eigenvalue weighted by molar-refractivity contribution is 6.33. The number of aromatic nitrogens is 1. The van der Waals surface area contributed by atoms with Gasteiger partial charge in [0.2, 0.25) is 0 Å². The third kappa shape index (κ3) is 2.88. The minimum Gasteiger partial charge on any atom is -0.380 e. The van der Waals surface area contributed by atoms with E-state index in [0.717, 1.165) is 16.6 Å². The summed E-state index contributed by atoms with van der Waals surface area (Å²) in [6, 6.07) is 2.41. The summed E-state index contributed by atoms with van der Waals surface area (Å²) in [6.45, 7) is 2.29. The largest absolute Gasteiger partial charge is 0.380 e. The smallest absolute Gasteiger partial charge is 0.0718 e. The molecule has 1 aliphatic rings. The molecule has 3 heteroatoms. The van der Waals surface area contributed by atoms with E-state index in [0.29, 0.717) is 6.04 Å². The molecule has 0 amide bonds. The van der Waals surface area contributed by atoms with E-state index in [1.807, 2.05) is 12.3 Å². The van der Waals surface area contributed by atoms with Gasteiger partial charge in [-0.1, -0.05) is 24.9 Å². The van der Waals surface area contributed by atoms with Gasteiger partial charge < -0.3 is 5.32 Å². The molecule has 0 atom stereocenters. The van der Waals surface area contributed by atoms with E-state index in [2.05, 4.69) is 17.2 Å². The fourth-order valence-corrected chi connectivity index (χ4v) is 2.58. The molecule has 1 aromatic rings. The van der Waals surface area contributed by atoms with E-state index < -0.39 is 0 Å². The molecule has 88 valence electrons. The van der Waals surface area contributed by atoms with Crippen molar-refractivity contribution < 1.29 is 0 Å². The summed E-state index contributed by atoms with van der Waals surface area (Å²) in [7, 11) is 0. The lowest BCUT2D eigenvalue weighted by atomic mass is 9.84. The van der Waals surface area contributed by atoms with E-state index in [9.17, 15) is 0 Å². The lowest BCUT2D eigenvalue weighted by Crippen LogP contribution is -2.26. The Balaban J connectivity index is 1.89. The fourth-order valence-electron chi connectivity index (χ4n) is 2.42. The van der Waals surface area contributed by atoms with Gasteiger partial charge in [-0.3, -0.25) is 4.98 Å². The van der Waals surface area contributed by atoms with Crippen molar-refractivity contribution in [1.29, 1.82) is 0 Å². The summed E-state index contributed by atoms with van der Waals surface area (Å²) >= 11 is 6.10. The molecule has 0 radical (unpaired) electrons. The second-order valence-electron chi connectivity index (χ2n) is 4.63. The van der Waals surface area contributed by atoms with Gasteiger partial charge in [0, 0.05) is 12.2 Å². The Morgan fingerprint density at radius 2 is 2.12 bits per heavy atom. The fraction of sp³-hybridized carbons (Fsp3) is 0.615. The normalized spacial score (nSPS) is 25.4. The highest BCUT2D eigenvalue weighted by Gasteiger charge is 2.20. The van der Waals surface area contributed by atoms with Gasteiger partial charge in [-0.2, -0.15) is 0 Å². The van der Waals surface area contributed by atoms with E-state index in [-0.39, 0.29) is 0 Å². The maximum atomic E-state index is 6.10. The van der Waals surface area contributed by atoms with E-state index in [4.69, 9.17) is 11.6 Å². The number of rotatable bonds is 3. The van der Waals surface area contributed by atoms with Crippen LogP contribution in [0.1, 0.15) is 39.0 Å². The molecule has 0 spiro atoms. The highest BCUT2D eigenvalue weighted by Crippen LogP contribution is 2.29. The van der Waals surface area contributed by atoms with Gasteiger partial charge in [0.1, 0.15) is 0 Å². The zero-order valence-corrected chi connectivity index (χ0v) is 10.5. The molecule has 1 fully saturated rings. The monoisotopic (exact) mass is 238 g/mol. The molecule has 0 aromatic carbocycles. The van der Waals surface area contributed by atoms with Crippen LogP contribution in [-0.4, -0.2) is 11.0 Å². The molecule has 2 rings (SSSR count). The van der Waals surface area contributed by atoms with Crippen molar-refractivity contribution in [3.8, 4) is 0 Å². The van der Waals surface area contributed by atoms with Gasteiger partial charge in [0.25, 0.3) is 0 Å². The van der Waals surface area contributed by atoms with E-state index >= 15 is 0 Å². The van der Waals surface area contributed by atoms with Crippen LogP contribution in [0.25, 0.3) is 0 Å². The van der Waals surface area contributed by atoms with Gasteiger partial charge in [-0.15, -0.1) is 0 Å². The second-order valence-corrected chi connectivity index (χ2v) is 5.03. The van der Waals surface area contributed by atoms with Gasteiger partial charge in [0.15, 0.2) is 0 Å². The number of pyridine rings is 1. The lowest BCUT2D eigenvalue weighted by molar-refractivity contribution is 0.330. The molecule has 0 aliphatic heterocycles. The Morgan fingerprint density at radius 1 is 1.38 bits per heavy atom. The standard InChI is InChI=1S/C13H19ClN2/c1-2-10-3-5-11(6-4-10)16-13-9-15-8-7-12(13)14/h7-11,16H,2-6H2,1H3. The zero-order valence-electron chi connectivity index (χ0n) is 9.75. The Kier molecular flexibility index (Phi) is 4.05. The molecule has 0 bridgehead atoms. The number of hydrogen-bond donors (Lipinski definition) is 1. The molecule has 1 saturated carbocycles. The van der Waals surface area contributed by atoms with Gasteiger partial charge in [0.05, 0.1) is 16.9 Å². The Bertz CT molecular complexity index is 332. The highest BCUT2D eigenvalue weighted by atomic mass is 35.5. The first kappa shape index (κ1) is 11.7. The zero-order chi connectivity index (χ0) is 11.4. The molecule has 1 aliphatic carbocycles. The number of anilines is 1. The van der Waals surface area contributed by atoms with Crippen molar-refractivity contribution in [2.45, 2.75) is 45.1 Å². The molecular formula is C13H19ClN2. The van der Waals surface area contributed by atoms with Crippen molar-refractivity contribution >= 4 is 17.3 Å². The summed E-state index contributed by atoms with van der Waals surface area (Å²) in [6.07, 6.45) is 10.0. The van der Waals surface area contributed by atoms with Crippen LogP contribution in [0.15, 0.2) is 18.5 Å². The van der Waals surface area contributed by atoms with Crippen molar-refractivity contribution in [2.75, 3.05) is 5.32 Å². The van der Waals surface area contributed by atoms with Crippen LogP contribution in [0.4, 0.5) is 5.69 Å². The SMILES string of the molecule is CCC1CCC(Nc2cnccc2Cl)CC1. The predicted molar refractivity (Wildman–Crippen MR) is 68.9 cm³/mol. The summed E-state index contributed by atoms with van der Waals surface area (Å²) in [5, 5.41) is 4.27. The Morgan fingerprint density at radius 3 is 2.75 bits per heavy atom. The number of nitrogens with zero attached hydrogens (tertiary/aromatic N) is 1. The van der Waals surface area contributed by atoms with Crippen LogP contribution in [0.3, 0.4) is 0 Å². The average Bonchev–Trinajstić information content (AvgIpc) is 2.33. The first-order valence-electron chi connectivity index (χ1n) is 6.15. The van der Waals surface area contributed by atoms with Gasteiger partial charge in [-0.25, -0.2) is 0 Å². The van der Waals surface area contributed by atoms with Crippen molar-refractivity contribution in [3.05, 3.63) is 23.5 Å². The summed E-state index contributed by atoms with van der Waals surface area (Å²) in [5.74, 6) is 0.933. The molecule has 1 aromatic heterocycles. The molecule has 0 saturated heterocycles. The minimum absolute atomic E-state index is 0.574. The lowest BCUT2D eigenvalue weighted by Gasteiger charge is -2.29. The van der Waals surface area contributed by atoms with Crippen LogP contribution in [0.5, 0.6) is 0 Å². The van der Waals surface area contributed by atoms with E-state index in [1.165, 1.54) is 32.1 Å². The summed E-state index contributed by atoms with van der Waals surface area (Å²) in [5.41, 5.74) is 0.976. The van der Waals surface area contributed by atoms with Crippen molar-refractivity contribution in [3.63, 3.8) is 0 Å². The molecule has 1 heterocycles. The summed E-state index contributed by atoms with van der Waals surface area (Å²) in [4.78, 5) is 4.10. The minimum atomic E-state index is 0.574. The third-order valence-electron chi connectivity index (χ3n) is 3.55. The molecule has 0 unspecified atom stereocenters. The third-order valence-corrected chi connectivity index (χ3v) is 3.88. The van der Waals surface area contributed by atoms with Crippen molar-refractivity contribution in [1.82, 2.24) is 4.98 Å². The number of hydrogen-bond acceptors (Lipinski definition) is 2. The van der Waals surface area contributed by atoms with Crippen LogP contribution >= 0.6 is 11.6 Å². The number of nitrogens with one attached hydrogen (secondary N) is 1. The first-order valence-corrected chi connectivity index (χ1v) is 6.53. The molecule has 1 N–H and O–H groups in total. The van der Waals surface area contributed by atoms with Gasteiger partial charge >= 0.3 is 0 Å². The van der Waals surface area contributed by atoms with Gasteiger partial charge in [-0.05, 0) is 37.7 Å². The topological polar surface area (TPSA) is 24.9 Å². The second kappa shape index (κ2) is 5.53.